The van der Waals surface area contributed by atoms with Crippen molar-refractivity contribution in [2.24, 2.45) is 0 Å². The average Bonchev–Trinajstić information content (AvgIpc) is 3.00. The summed E-state index contributed by atoms with van der Waals surface area (Å²) in [4.78, 5) is 0. The maximum absolute atomic E-state index is 5.96. The molecule has 3 aromatic rings. The Bertz CT molecular complexity index is 916. The molecule has 1 heterocycles. The van der Waals surface area contributed by atoms with Gasteiger partial charge in [0.05, 0.1) is 6.54 Å². The maximum Gasteiger partial charge on any atom is 0.214 e. The number of aromatic amines is 1. The lowest BCUT2D eigenvalue weighted by atomic mass is 10.1. The van der Waals surface area contributed by atoms with Crippen LogP contribution in [-0.4, -0.2) is 14.9 Å². The van der Waals surface area contributed by atoms with Gasteiger partial charge in [0.15, 0.2) is 5.82 Å². The Morgan fingerprint density at radius 2 is 2.04 bits per heavy atom. The first kappa shape index (κ1) is 18.2. The highest BCUT2D eigenvalue weighted by Gasteiger charge is 2.05. The number of rotatable bonds is 8. The van der Waals surface area contributed by atoms with E-state index in [1.807, 2.05) is 28.9 Å². The molecule has 1 aromatic heterocycles. The van der Waals surface area contributed by atoms with Crippen LogP contribution in [0.5, 0.6) is 5.75 Å². The van der Waals surface area contributed by atoms with Crippen LogP contribution in [0.3, 0.4) is 0 Å². The van der Waals surface area contributed by atoms with Gasteiger partial charge in [-0.05, 0) is 54.4 Å². The van der Waals surface area contributed by atoms with Crippen LogP contribution < -0.4 is 10.2 Å². The first-order chi connectivity index (χ1) is 12.7. The average molecular weight is 369 g/mol. The summed E-state index contributed by atoms with van der Waals surface area (Å²) in [5.74, 6) is 1.78. The molecule has 0 saturated carbocycles. The second kappa shape index (κ2) is 8.67. The summed E-state index contributed by atoms with van der Waals surface area (Å²) in [5, 5.41) is 7.11. The number of ether oxygens (including phenoxy) is 1. The van der Waals surface area contributed by atoms with Gasteiger partial charge >= 0.3 is 0 Å². The van der Waals surface area contributed by atoms with E-state index in [2.05, 4.69) is 53.7 Å². The van der Waals surface area contributed by atoms with Gasteiger partial charge < -0.3 is 10.2 Å². The van der Waals surface area contributed by atoms with Gasteiger partial charge in [0.1, 0.15) is 12.4 Å². The zero-order valence-electron chi connectivity index (χ0n) is 15.2. The van der Waals surface area contributed by atoms with Crippen molar-refractivity contribution in [1.82, 2.24) is 14.9 Å². The number of aromatic nitrogens is 3. The molecule has 0 aliphatic heterocycles. The van der Waals surface area contributed by atoms with Crippen molar-refractivity contribution in [3.05, 3.63) is 75.8 Å². The fraction of sp³-hybridized carbons (Fsp3) is 0.300. The third-order valence-electron chi connectivity index (χ3n) is 4.21. The van der Waals surface area contributed by atoms with Gasteiger partial charge in [0.2, 0.25) is 4.77 Å². The largest absolute Gasteiger partial charge is 0.489 e. The van der Waals surface area contributed by atoms with E-state index in [9.17, 15) is 0 Å². The van der Waals surface area contributed by atoms with Crippen LogP contribution in [0.15, 0.2) is 48.5 Å². The van der Waals surface area contributed by atoms with E-state index in [-0.39, 0.29) is 0 Å². The van der Waals surface area contributed by atoms with E-state index < -0.39 is 0 Å². The van der Waals surface area contributed by atoms with E-state index in [0.717, 1.165) is 30.0 Å². The van der Waals surface area contributed by atoms with Crippen LogP contribution in [-0.2, 0) is 19.6 Å². The van der Waals surface area contributed by atoms with Gasteiger partial charge in [0.25, 0.3) is 0 Å². The van der Waals surface area contributed by atoms with Crippen molar-refractivity contribution in [2.45, 2.75) is 39.8 Å². The van der Waals surface area contributed by atoms with Crippen molar-refractivity contribution < 1.29 is 4.74 Å². The minimum Gasteiger partial charge on any atom is -0.489 e. The van der Waals surface area contributed by atoms with E-state index in [4.69, 9.17) is 17.0 Å². The molecule has 0 aliphatic rings. The molecule has 0 aliphatic carbocycles. The van der Waals surface area contributed by atoms with Gasteiger partial charge in [-0.15, -0.1) is 0 Å². The lowest BCUT2D eigenvalue weighted by Crippen LogP contribution is -2.17. The monoisotopic (exact) mass is 368 g/mol. The van der Waals surface area contributed by atoms with Crippen molar-refractivity contribution in [1.29, 1.82) is 0 Å². The fourth-order valence-corrected chi connectivity index (χ4v) is 2.95. The molecule has 0 atom stereocenters. The number of aryl methyl sites for hydroxylation is 2. The standard InChI is InChI=1S/C20H24N4OS/c1-3-7-19-22-23-20(26)24(19)21-13-16-9-6-11-18(12-16)25-14-17-10-5-4-8-15(17)2/h4-6,8-12,21H,3,7,13-14H2,1-2H3,(H,23,26). The number of hydrogen-bond acceptors (Lipinski definition) is 4. The minimum atomic E-state index is 0.566. The molecule has 0 saturated heterocycles. The molecular formula is C20H24N4OS. The second-order valence-corrected chi connectivity index (χ2v) is 6.61. The van der Waals surface area contributed by atoms with Crippen LogP contribution in [0.4, 0.5) is 0 Å². The van der Waals surface area contributed by atoms with Gasteiger partial charge in [-0.1, -0.05) is 43.3 Å². The lowest BCUT2D eigenvalue weighted by Gasteiger charge is -2.12. The van der Waals surface area contributed by atoms with Crippen LogP contribution in [0, 0.1) is 11.7 Å². The van der Waals surface area contributed by atoms with Gasteiger partial charge in [-0.2, -0.15) is 5.10 Å². The highest BCUT2D eigenvalue weighted by molar-refractivity contribution is 7.71. The molecule has 6 heteroatoms. The number of benzene rings is 2. The molecule has 2 N–H and O–H groups in total. The minimum absolute atomic E-state index is 0.566. The normalized spacial score (nSPS) is 10.7. The zero-order chi connectivity index (χ0) is 18.4. The lowest BCUT2D eigenvalue weighted by molar-refractivity contribution is 0.305. The zero-order valence-corrected chi connectivity index (χ0v) is 16.0. The summed E-state index contributed by atoms with van der Waals surface area (Å²) in [6, 6.07) is 16.4. The second-order valence-electron chi connectivity index (χ2n) is 6.23. The molecule has 0 amide bonds. The molecular weight excluding hydrogens is 344 g/mol. The smallest absolute Gasteiger partial charge is 0.214 e. The Balaban J connectivity index is 1.64. The molecule has 0 fully saturated rings. The third kappa shape index (κ3) is 4.52. The topological polar surface area (TPSA) is 54.9 Å². The van der Waals surface area contributed by atoms with Crippen LogP contribution in [0.2, 0.25) is 0 Å². The highest BCUT2D eigenvalue weighted by atomic mass is 32.1. The SMILES string of the molecule is CCCc1n[nH]c(=S)n1NCc1cccc(OCc2ccccc2C)c1. The summed E-state index contributed by atoms with van der Waals surface area (Å²) in [5.41, 5.74) is 6.90. The molecule has 3 rings (SSSR count). The van der Waals surface area contributed by atoms with E-state index in [1.165, 1.54) is 11.1 Å². The third-order valence-corrected chi connectivity index (χ3v) is 4.48. The number of nitrogens with zero attached hydrogens (tertiary/aromatic N) is 2. The Morgan fingerprint density at radius 3 is 2.85 bits per heavy atom. The molecule has 0 spiro atoms. The predicted octanol–water partition coefficient (Wildman–Crippen LogP) is 4.52. The molecule has 26 heavy (non-hydrogen) atoms. The predicted molar refractivity (Wildman–Crippen MR) is 106 cm³/mol. The molecule has 5 nitrogen and oxygen atoms in total. The van der Waals surface area contributed by atoms with Crippen LogP contribution in [0.25, 0.3) is 0 Å². The van der Waals surface area contributed by atoms with Crippen molar-refractivity contribution in [3.8, 4) is 5.75 Å². The fourth-order valence-electron chi connectivity index (χ4n) is 2.73. The summed E-state index contributed by atoms with van der Waals surface area (Å²) in [7, 11) is 0. The Morgan fingerprint density at radius 1 is 1.19 bits per heavy atom. The van der Waals surface area contributed by atoms with E-state index in [1.54, 1.807) is 0 Å². The molecule has 0 radical (unpaired) electrons. The van der Waals surface area contributed by atoms with Gasteiger partial charge in [-0.3, -0.25) is 5.10 Å². The first-order valence-corrected chi connectivity index (χ1v) is 9.24. The molecule has 2 aromatic carbocycles. The summed E-state index contributed by atoms with van der Waals surface area (Å²) in [6.45, 7) is 5.43. The van der Waals surface area contributed by atoms with Crippen molar-refractivity contribution >= 4 is 12.2 Å². The van der Waals surface area contributed by atoms with Gasteiger partial charge in [-0.25, -0.2) is 4.68 Å². The van der Waals surface area contributed by atoms with E-state index >= 15 is 0 Å². The molecule has 136 valence electrons. The van der Waals surface area contributed by atoms with E-state index in [0.29, 0.717) is 17.9 Å². The van der Waals surface area contributed by atoms with Crippen molar-refractivity contribution in [2.75, 3.05) is 5.43 Å². The maximum atomic E-state index is 5.96. The Labute approximate surface area is 159 Å². The first-order valence-electron chi connectivity index (χ1n) is 8.83. The van der Waals surface area contributed by atoms with Gasteiger partial charge in [0, 0.05) is 6.42 Å². The quantitative estimate of drug-likeness (QED) is 0.574. The Kier molecular flexibility index (Phi) is 6.07. The summed E-state index contributed by atoms with van der Waals surface area (Å²) < 4.78 is 8.39. The van der Waals surface area contributed by atoms with Crippen LogP contribution in [0.1, 0.15) is 35.9 Å². The Hall–Kier alpha value is -2.60. The molecule has 0 unspecified atom stereocenters. The number of H-pyrrole nitrogens is 1. The summed E-state index contributed by atoms with van der Waals surface area (Å²) >= 11 is 5.29. The highest BCUT2D eigenvalue weighted by Crippen LogP contribution is 2.17. The van der Waals surface area contributed by atoms with Crippen molar-refractivity contribution in [3.63, 3.8) is 0 Å². The summed E-state index contributed by atoms with van der Waals surface area (Å²) in [6.07, 6.45) is 1.89. The van der Waals surface area contributed by atoms with Crippen LogP contribution >= 0.6 is 12.2 Å². The number of hydrogen-bond donors (Lipinski definition) is 2. The molecule has 0 bridgehead atoms. The number of nitrogens with one attached hydrogen (secondary N) is 2.